The fraction of sp³-hybridized carbons (Fsp3) is 1.00. The fourth-order valence-corrected chi connectivity index (χ4v) is 2.53. The Morgan fingerprint density at radius 1 is 1.53 bits per heavy atom. The number of hydrogen-bond donors (Lipinski definition) is 1. The molecule has 2 unspecified atom stereocenters. The van der Waals surface area contributed by atoms with Crippen molar-refractivity contribution in [1.82, 2.24) is 10.2 Å². The zero-order valence-electron chi connectivity index (χ0n) is 10.8. The van der Waals surface area contributed by atoms with Crippen LogP contribution in [-0.2, 0) is 4.74 Å². The van der Waals surface area contributed by atoms with E-state index >= 15 is 0 Å². The first-order valence-corrected chi connectivity index (χ1v) is 6.06. The van der Waals surface area contributed by atoms with Gasteiger partial charge in [0, 0.05) is 25.7 Å². The summed E-state index contributed by atoms with van der Waals surface area (Å²) in [6, 6.07) is 0.566. The first-order chi connectivity index (χ1) is 6.93. The van der Waals surface area contributed by atoms with Gasteiger partial charge in [-0.1, -0.05) is 6.92 Å². The SMILES string of the molecule is CCNC(C)CN1CC(C)OC(C)(C)C1. The molecule has 1 N–H and O–H groups in total. The van der Waals surface area contributed by atoms with Crippen molar-refractivity contribution < 1.29 is 4.74 Å². The third-order valence-corrected chi connectivity index (χ3v) is 2.72. The third kappa shape index (κ3) is 4.49. The van der Waals surface area contributed by atoms with Crippen LogP contribution in [-0.4, -0.2) is 48.8 Å². The normalized spacial score (nSPS) is 29.0. The van der Waals surface area contributed by atoms with E-state index in [2.05, 4.69) is 44.8 Å². The molecule has 0 spiro atoms. The summed E-state index contributed by atoms with van der Waals surface area (Å²) >= 11 is 0. The van der Waals surface area contributed by atoms with Gasteiger partial charge in [-0.25, -0.2) is 0 Å². The lowest BCUT2D eigenvalue weighted by Gasteiger charge is -2.42. The molecule has 3 heteroatoms. The number of rotatable bonds is 4. The van der Waals surface area contributed by atoms with Gasteiger partial charge in [-0.3, -0.25) is 4.90 Å². The maximum atomic E-state index is 5.88. The predicted molar refractivity (Wildman–Crippen MR) is 64.2 cm³/mol. The molecule has 0 aliphatic carbocycles. The van der Waals surface area contributed by atoms with Gasteiger partial charge in [0.25, 0.3) is 0 Å². The van der Waals surface area contributed by atoms with Crippen molar-refractivity contribution in [3.63, 3.8) is 0 Å². The number of morpholine rings is 1. The third-order valence-electron chi connectivity index (χ3n) is 2.72. The minimum Gasteiger partial charge on any atom is -0.370 e. The Kier molecular flexibility index (Phi) is 4.56. The van der Waals surface area contributed by atoms with Gasteiger partial charge in [0.2, 0.25) is 0 Å². The number of nitrogens with zero attached hydrogens (tertiary/aromatic N) is 1. The zero-order valence-corrected chi connectivity index (χ0v) is 10.8. The first kappa shape index (κ1) is 12.9. The van der Waals surface area contributed by atoms with Crippen molar-refractivity contribution in [2.45, 2.75) is 52.4 Å². The number of likely N-dealkylation sites (N-methyl/N-ethyl adjacent to an activating group) is 1. The number of hydrogen-bond acceptors (Lipinski definition) is 3. The molecule has 90 valence electrons. The van der Waals surface area contributed by atoms with Crippen molar-refractivity contribution in [3.8, 4) is 0 Å². The van der Waals surface area contributed by atoms with Crippen molar-refractivity contribution in [2.75, 3.05) is 26.2 Å². The number of ether oxygens (including phenoxy) is 1. The molecule has 0 aromatic rings. The summed E-state index contributed by atoms with van der Waals surface area (Å²) in [7, 11) is 0. The van der Waals surface area contributed by atoms with Crippen LogP contribution < -0.4 is 5.32 Å². The van der Waals surface area contributed by atoms with Gasteiger partial charge < -0.3 is 10.1 Å². The second-order valence-corrected chi connectivity index (χ2v) is 5.34. The van der Waals surface area contributed by atoms with Crippen molar-refractivity contribution in [3.05, 3.63) is 0 Å². The quantitative estimate of drug-likeness (QED) is 0.767. The highest BCUT2D eigenvalue weighted by Crippen LogP contribution is 2.20. The van der Waals surface area contributed by atoms with E-state index < -0.39 is 0 Å². The molecule has 0 aromatic carbocycles. The Labute approximate surface area is 94.2 Å². The van der Waals surface area contributed by atoms with E-state index in [1.165, 1.54) is 0 Å². The Balaban J connectivity index is 2.41. The van der Waals surface area contributed by atoms with Crippen LogP contribution in [0.5, 0.6) is 0 Å². The van der Waals surface area contributed by atoms with Crippen LogP contribution in [0.2, 0.25) is 0 Å². The Morgan fingerprint density at radius 3 is 2.73 bits per heavy atom. The Morgan fingerprint density at radius 2 is 2.20 bits per heavy atom. The first-order valence-electron chi connectivity index (χ1n) is 6.06. The Bertz CT molecular complexity index is 194. The summed E-state index contributed by atoms with van der Waals surface area (Å²) in [5, 5.41) is 3.45. The second kappa shape index (κ2) is 5.28. The topological polar surface area (TPSA) is 24.5 Å². The van der Waals surface area contributed by atoms with Gasteiger partial charge in [-0.15, -0.1) is 0 Å². The summed E-state index contributed by atoms with van der Waals surface area (Å²) in [6.07, 6.45) is 0.350. The van der Waals surface area contributed by atoms with Gasteiger partial charge in [-0.05, 0) is 34.2 Å². The fourth-order valence-electron chi connectivity index (χ4n) is 2.53. The highest BCUT2D eigenvalue weighted by Gasteiger charge is 2.31. The van der Waals surface area contributed by atoms with E-state index in [1.807, 2.05) is 0 Å². The van der Waals surface area contributed by atoms with E-state index in [0.29, 0.717) is 12.1 Å². The molecule has 1 aliphatic rings. The van der Waals surface area contributed by atoms with Crippen LogP contribution in [0.15, 0.2) is 0 Å². The highest BCUT2D eigenvalue weighted by molar-refractivity contribution is 4.84. The summed E-state index contributed by atoms with van der Waals surface area (Å²) in [4.78, 5) is 2.50. The molecule has 15 heavy (non-hydrogen) atoms. The minimum atomic E-state index is 0.00357. The molecule has 3 nitrogen and oxygen atoms in total. The van der Waals surface area contributed by atoms with Crippen LogP contribution in [0.3, 0.4) is 0 Å². The number of nitrogens with one attached hydrogen (secondary N) is 1. The van der Waals surface area contributed by atoms with Gasteiger partial charge in [0.05, 0.1) is 11.7 Å². The molecule has 2 atom stereocenters. The minimum absolute atomic E-state index is 0.00357. The smallest absolute Gasteiger partial charge is 0.0757 e. The average Bonchev–Trinajstić information content (AvgIpc) is 1.99. The molecular weight excluding hydrogens is 188 g/mol. The van der Waals surface area contributed by atoms with Gasteiger partial charge in [0.15, 0.2) is 0 Å². The molecule has 0 bridgehead atoms. The molecule has 1 fully saturated rings. The molecule has 1 heterocycles. The standard InChI is InChI=1S/C12H26N2O/c1-6-13-10(2)7-14-8-11(3)15-12(4,5)9-14/h10-11,13H,6-9H2,1-5H3. The van der Waals surface area contributed by atoms with E-state index in [9.17, 15) is 0 Å². The molecule has 0 aromatic heterocycles. The zero-order chi connectivity index (χ0) is 11.5. The van der Waals surface area contributed by atoms with E-state index in [1.54, 1.807) is 0 Å². The molecule has 1 aliphatic heterocycles. The average molecular weight is 214 g/mol. The van der Waals surface area contributed by atoms with E-state index in [4.69, 9.17) is 4.74 Å². The van der Waals surface area contributed by atoms with Crippen LogP contribution in [0.1, 0.15) is 34.6 Å². The molecule has 0 amide bonds. The van der Waals surface area contributed by atoms with E-state index in [0.717, 1.165) is 26.2 Å². The van der Waals surface area contributed by atoms with E-state index in [-0.39, 0.29) is 5.60 Å². The predicted octanol–water partition coefficient (Wildman–Crippen LogP) is 1.48. The highest BCUT2D eigenvalue weighted by atomic mass is 16.5. The van der Waals surface area contributed by atoms with Gasteiger partial charge in [-0.2, -0.15) is 0 Å². The van der Waals surface area contributed by atoms with Gasteiger partial charge in [0.1, 0.15) is 0 Å². The summed E-state index contributed by atoms with van der Waals surface area (Å²) in [6.45, 7) is 15.2. The molecule has 1 saturated heterocycles. The van der Waals surface area contributed by atoms with Gasteiger partial charge >= 0.3 is 0 Å². The summed E-state index contributed by atoms with van der Waals surface area (Å²) in [5.74, 6) is 0. The molecule has 0 radical (unpaired) electrons. The van der Waals surface area contributed by atoms with Crippen molar-refractivity contribution in [2.24, 2.45) is 0 Å². The summed E-state index contributed by atoms with van der Waals surface area (Å²) < 4.78 is 5.88. The maximum Gasteiger partial charge on any atom is 0.0757 e. The second-order valence-electron chi connectivity index (χ2n) is 5.34. The van der Waals surface area contributed by atoms with Crippen molar-refractivity contribution >= 4 is 0 Å². The van der Waals surface area contributed by atoms with Crippen molar-refractivity contribution in [1.29, 1.82) is 0 Å². The monoisotopic (exact) mass is 214 g/mol. The van der Waals surface area contributed by atoms with Crippen LogP contribution in [0.4, 0.5) is 0 Å². The lowest BCUT2D eigenvalue weighted by molar-refractivity contribution is -0.129. The lowest BCUT2D eigenvalue weighted by Crippen LogP contribution is -2.54. The van der Waals surface area contributed by atoms with Crippen LogP contribution in [0.25, 0.3) is 0 Å². The molecule has 0 saturated carbocycles. The van der Waals surface area contributed by atoms with Crippen LogP contribution in [0, 0.1) is 0 Å². The summed E-state index contributed by atoms with van der Waals surface area (Å²) in [5.41, 5.74) is 0.00357. The van der Waals surface area contributed by atoms with Crippen LogP contribution >= 0.6 is 0 Å². The Hall–Kier alpha value is -0.120. The molecule has 1 rings (SSSR count). The largest absolute Gasteiger partial charge is 0.370 e. The maximum absolute atomic E-state index is 5.88. The molecular formula is C12H26N2O. The lowest BCUT2D eigenvalue weighted by atomic mass is 10.1.